The number of carbonyl (C=O) groups excluding carboxylic acids is 1. The number of benzene rings is 1. The molecule has 1 aromatic carbocycles. The Kier molecular flexibility index (Phi) is 8.52. The van der Waals surface area contributed by atoms with E-state index in [0.717, 1.165) is 18.6 Å². The molecule has 0 saturated carbocycles. The van der Waals surface area contributed by atoms with E-state index < -0.39 is 0 Å². The van der Waals surface area contributed by atoms with Gasteiger partial charge in [-0.3, -0.25) is 4.79 Å². The topological polar surface area (TPSA) is 35.5 Å². The van der Waals surface area contributed by atoms with E-state index in [4.69, 9.17) is 9.47 Å². The van der Waals surface area contributed by atoms with Gasteiger partial charge in [-0.1, -0.05) is 44.4 Å². The maximum Gasteiger partial charge on any atom is 0.305 e. The number of ether oxygens (including phenoxy) is 2. The molecule has 0 heterocycles. The fourth-order valence-electron chi connectivity index (χ4n) is 1.71. The lowest BCUT2D eigenvalue weighted by molar-refractivity contribution is -0.144. The molecular weight excluding hydrogens is 240 g/mol. The second kappa shape index (κ2) is 10.4. The SMILES string of the molecule is CCCCCCOC(=O)CCCOc1ccccc1. The lowest BCUT2D eigenvalue weighted by Gasteiger charge is -2.06. The third kappa shape index (κ3) is 8.25. The average molecular weight is 264 g/mol. The predicted molar refractivity (Wildman–Crippen MR) is 76.3 cm³/mol. The summed E-state index contributed by atoms with van der Waals surface area (Å²) >= 11 is 0. The molecule has 0 aromatic heterocycles. The fourth-order valence-corrected chi connectivity index (χ4v) is 1.71. The van der Waals surface area contributed by atoms with Gasteiger partial charge in [0.2, 0.25) is 0 Å². The van der Waals surface area contributed by atoms with Crippen LogP contribution in [0.2, 0.25) is 0 Å². The summed E-state index contributed by atoms with van der Waals surface area (Å²) in [6.07, 6.45) is 5.65. The average Bonchev–Trinajstić information content (AvgIpc) is 2.44. The monoisotopic (exact) mass is 264 g/mol. The maximum absolute atomic E-state index is 11.4. The van der Waals surface area contributed by atoms with Gasteiger partial charge in [0, 0.05) is 6.42 Å². The maximum atomic E-state index is 11.4. The lowest BCUT2D eigenvalue weighted by Crippen LogP contribution is -2.08. The molecule has 0 radical (unpaired) electrons. The van der Waals surface area contributed by atoms with Gasteiger partial charge in [0.05, 0.1) is 13.2 Å². The Balaban J connectivity index is 1.95. The van der Waals surface area contributed by atoms with Crippen LogP contribution in [0.1, 0.15) is 45.4 Å². The van der Waals surface area contributed by atoms with Crippen LogP contribution in [0, 0.1) is 0 Å². The summed E-state index contributed by atoms with van der Waals surface area (Å²) in [5, 5.41) is 0. The molecule has 0 aliphatic heterocycles. The summed E-state index contributed by atoms with van der Waals surface area (Å²) < 4.78 is 10.7. The van der Waals surface area contributed by atoms with Gasteiger partial charge < -0.3 is 9.47 Å². The van der Waals surface area contributed by atoms with E-state index in [1.807, 2.05) is 30.3 Å². The van der Waals surface area contributed by atoms with Crippen LogP contribution in [-0.4, -0.2) is 19.2 Å². The zero-order chi connectivity index (χ0) is 13.8. The standard InChI is InChI=1S/C16H24O3/c1-2-3-4-8-13-19-16(17)12-9-14-18-15-10-6-5-7-11-15/h5-7,10-11H,2-4,8-9,12-14H2,1H3. The van der Waals surface area contributed by atoms with Crippen LogP contribution in [0.3, 0.4) is 0 Å². The highest BCUT2D eigenvalue weighted by Gasteiger charge is 2.02. The molecular formula is C16H24O3. The molecule has 0 amide bonds. The highest BCUT2D eigenvalue weighted by atomic mass is 16.5. The first-order chi connectivity index (χ1) is 9.33. The van der Waals surface area contributed by atoms with Crippen molar-refractivity contribution in [1.82, 2.24) is 0 Å². The van der Waals surface area contributed by atoms with Gasteiger partial charge in [-0.2, -0.15) is 0 Å². The van der Waals surface area contributed by atoms with Gasteiger partial charge in [-0.25, -0.2) is 0 Å². The Labute approximate surface area is 115 Å². The van der Waals surface area contributed by atoms with Crippen LogP contribution < -0.4 is 4.74 Å². The van der Waals surface area contributed by atoms with Crippen molar-refractivity contribution in [3.8, 4) is 5.75 Å². The first kappa shape index (κ1) is 15.5. The molecule has 0 aliphatic carbocycles. The van der Waals surface area contributed by atoms with E-state index in [0.29, 0.717) is 26.1 Å². The Morgan fingerprint density at radius 2 is 1.79 bits per heavy atom. The van der Waals surface area contributed by atoms with Crippen LogP contribution >= 0.6 is 0 Å². The molecule has 0 fully saturated rings. The minimum atomic E-state index is -0.117. The molecule has 0 N–H and O–H groups in total. The number of esters is 1. The third-order valence-corrected chi connectivity index (χ3v) is 2.80. The first-order valence-electron chi connectivity index (χ1n) is 7.16. The molecule has 3 nitrogen and oxygen atoms in total. The Morgan fingerprint density at radius 1 is 1.00 bits per heavy atom. The molecule has 0 spiro atoms. The van der Waals surface area contributed by atoms with E-state index in [1.54, 1.807) is 0 Å². The molecule has 106 valence electrons. The third-order valence-electron chi connectivity index (χ3n) is 2.80. The quantitative estimate of drug-likeness (QED) is 0.474. The fraction of sp³-hybridized carbons (Fsp3) is 0.562. The summed E-state index contributed by atoms with van der Waals surface area (Å²) in [6.45, 7) is 3.27. The zero-order valence-corrected chi connectivity index (χ0v) is 11.8. The minimum Gasteiger partial charge on any atom is -0.494 e. The number of carbonyl (C=O) groups is 1. The van der Waals surface area contributed by atoms with Crippen LogP contribution in [0.15, 0.2) is 30.3 Å². The molecule has 3 heteroatoms. The van der Waals surface area contributed by atoms with Crippen LogP contribution in [0.5, 0.6) is 5.75 Å². The Morgan fingerprint density at radius 3 is 2.53 bits per heavy atom. The largest absolute Gasteiger partial charge is 0.494 e. The number of unbranched alkanes of at least 4 members (excludes halogenated alkanes) is 3. The minimum absolute atomic E-state index is 0.117. The van der Waals surface area contributed by atoms with Gasteiger partial charge >= 0.3 is 5.97 Å². The molecule has 1 rings (SSSR count). The van der Waals surface area contributed by atoms with Crippen molar-refractivity contribution in [2.75, 3.05) is 13.2 Å². The second-order valence-corrected chi connectivity index (χ2v) is 4.55. The van der Waals surface area contributed by atoms with Crippen molar-refractivity contribution in [1.29, 1.82) is 0 Å². The number of para-hydroxylation sites is 1. The van der Waals surface area contributed by atoms with Gasteiger partial charge in [0.1, 0.15) is 5.75 Å². The summed E-state index contributed by atoms with van der Waals surface area (Å²) in [6, 6.07) is 9.63. The van der Waals surface area contributed by atoms with E-state index in [-0.39, 0.29) is 5.97 Å². The van der Waals surface area contributed by atoms with Crippen LogP contribution in [-0.2, 0) is 9.53 Å². The summed E-state index contributed by atoms with van der Waals surface area (Å²) in [5.41, 5.74) is 0. The molecule has 0 unspecified atom stereocenters. The first-order valence-corrected chi connectivity index (χ1v) is 7.16. The number of rotatable bonds is 10. The van der Waals surface area contributed by atoms with Crippen molar-refractivity contribution in [2.24, 2.45) is 0 Å². The van der Waals surface area contributed by atoms with E-state index in [1.165, 1.54) is 12.8 Å². The second-order valence-electron chi connectivity index (χ2n) is 4.55. The van der Waals surface area contributed by atoms with E-state index in [2.05, 4.69) is 6.92 Å². The molecule has 0 bridgehead atoms. The van der Waals surface area contributed by atoms with Crippen molar-refractivity contribution >= 4 is 5.97 Å². The van der Waals surface area contributed by atoms with Crippen LogP contribution in [0.4, 0.5) is 0 Å². The van der Waals surface area contributed by atoms with Crippen LogP contribution in [0.25, 0.3) is 0 Å². The van der Waals surface area contributed by atoms with Gasteiger partial charge in [0.15, 0.2) is 0 Å². The van der Waals surface area contributed by atoms with Crippen molar-refractivity contribution < 1.29 is 14.3 Å². The summed E-state index contributed by atoms with van der Waals surface area (Å²) in [5.74, 6) is 0.726. The Bertz CT molecular complexity index is 335. The Hall–Kier alpha value is -1.51. The summed E-state index contributed by atoms with van der Waals surface area (Å²) in [7, 11) is 0. The predicted octanol–water partition coefficient (Wildman–Crippen LogP) is 3.97. The van der Waals surface area contributed by atoms with Crippen molar-refractivity contribution in [2.45, 2.75) is 45.4 Å². The van der Waals surface area contributed by atoms with Gasteiger partial charge in [0.25, 0.3) is 0 Å². The molecule has 19 heavy (non-hydrogen) atoms. The molecule has 0 aliphatic rings. The summed E-state index contributed by atoms with van der Waals surface area (Å²) in [4.78, 5) is 11.4. The molecule has 1 aromatic rings. The van der Waals surface area contributed by atoms with Gasteiger partial charge in [-0.05, 0) is 25.0 Å². The highest BCUT2D eigenvalue weighted by molar-refractivity contribution is 5.69. The zero-order valence-electron chi connectivity index (χ0n) is 11.8. The van der Waals surface area contributed by atoms with Crippen molar-refractivity contribution in [3.63, 3.8) is 0 Å². The van der Waals surface area contributed by atoms with E-state index >= 15 is 0 Å². The van der Waals surface area contributed by atoms with Gasteiger partial charge in [-0.15, -0.1) is 0 Å². The molecule has 0 atom stereocenters. The smallest absolute Gasteiger partial charge is 0.305 e. The molecule has 0 saturated heterocycles. The van der Waals surface area contributed by atoms with E-state index in [9.17, 15) is 4.79 Å². The number of hydrogen-bond donors (Lipinski definition) is 0. The van der Waals surface area contributed by atoms with Crippen molar-refractivity contribution in [3.05, 3.63) is 30.3 Å². The number of hydrogen-bond acceptors (Lipinski definition) is 3. The lowest BCUT2D eigenvalue weighted by atomic mass is 10.2. The highest BCUT2D eigenvalue weighted by Crippen LogP contribution is 2.09. The normalized spacial score (nSPS) is 10.2.